The zero-order chi connectivity index (χ0) is 14.3. The molecule has 1 N–H and O–H groups in total. The van der Waals surface area contributed by atoms with Crippen molar-refractivity contribution in [1.82, 2.24) is 10.2 Å². The Balaban J connectivity index is 2.55. The van der Waals surface area contributed by atoms with E-state index in [0.29, 0.717) is 5.11 Å². The van der Waals surface area contributed by atoms with Gasteiger partial charge in [-0.05, 0) is 44.6 Å². The normalized spacial score (nSPS) is 10.5. The van der Waals surface area contributed by atoms with E-state index in [9.17, 15) is 4.79 Å². The van der Waals surface area contributed by atoms with Gasteiger partial charge < -0.3 is 4.90 Å². The van der Waals surface area contributed by atoms with Crippen molar-refractivity contribution in [2.45, 2.75) is 20.8 Å². The van der Waals surface area contributed by atoms with E-state index in [1.807, 2.05) is 49.9 Å². The number of nitrogens with zero attached hydrogens (tertiary/aromatic N) is 1. The SMILES string of the molecule is CCN(CC)C(=S)NC(=O)/C=C/c1ccc(C)cc1. The number of benzene rings is 1. The Hall–Kier alpha value is -1.68. The van der Waals surface area contributed by atoms with Gasteiger partial charge in [-0.2, -0.15) is 0 Å². The lowest BCUT2D eigenvalue weighted by Crippen LogP contribution is -2.41. The average molecular weight is 276 g/mol. The van der Waals surface area contributed by atoms with Gasteiger partial charge in [0.15, 0.2) is 5.11 Å². The number of hydrogen-bond donors (Lipinski definition) is 1. The quantitative estimate of drug-likeness (QED) is 0.678. The number of nitrogens with one attached hydrogen (secondary N) is 1. The van der Waals surface area contributed by atoms with Crippen molar-refractivity contribution in [2.75, 3.05) is 13.1 Å². The molecule has 0 radical (unpaired) electrons. The molecular weight excluding hydrogens is 256 g/mol. The molecule has 1 amide bonds. The van der Waals surface area contributed by atoms with Crippen LogP contribution in [0.1, 0.15) is 25.0 Å². The summed E-state index contributed by atoms with van der Waals surface area (Å²) in [6.45, 7) is 7.62. The van der Waals surface area contributed by atoms with Crippen LogP contribution in [0, 0.1) is 6.92 Å². The first-order valence-electron chi connectivity index (χ1n) is 6.41. The molecule has 1 aromatic rings. The lowest BCUT2D eigenvalue weighted by Gasteiger charge is -2.21. The maximum Gasteiger partial charge on any atom is 0.250 e. The summed E-state index contributed by atoms with van der Waals surface area (Å²) in [5.74, 6) is -0.197. The van der Waals surface area contributed by atoms with Crippen molar-refractivity contribution in [2.24, 2.45) is 0 Å². The lowest BCUT2D eigenvalue weighted by atomic mass is 10.1. The van der Waals surface area contributed by atoms with Gasteiger partial charge in [0.1, 0.15) is 0 Å². The van der Waals surface area contributed by atoms with Gasteiger partial charge in [0.25, 0.3) is 0 Å². The molecule has 0 aliphatic carbocycles. The van der Waals surface area contributed by atoms with Crippen molar-refractivity contribution in [1.29, 1.82) is 0 Å². The largest absolute Gasteiger partial charge is 0.350 e. The van der Waals surface area contributed by atoms with E-state index in [0.717, 1.165) is 18.7 Å². The molecule has 1 aromatic carbocycles. The summed E-state index contributed by atoms with van der Waals surface area (Å²) < 4.78 is 0. The molecule has 0 atom stereocenters. The zero-order valence-electron chi connectivity index (χ0n) is 11.6. The molecule has 0 saturated carbocycles. The highest BCUT2D eigenvalue weighted by Gasteiger charge is 2.06. The summed E-state index contributed by atoms with van der Waals surface area (Å²) >= 11 is 5.16. The summed E-state index contributed by atoms with van der Waals surface area (Å²) in [6.07, 6.45) is 3.28. The van der Waals surface area contributed by atoms with Gasteiger partial charge in [-0.25, -0.2) is 0 Å². The predicted molar refractivity (Wildman–Crippen MR) is 83.9 cm³/mol. The van der Waals surface area contributed by atoms with Gasteiger partial charge in [-0.3, -0.25) is 10.1 Å². The van der Waals surface area contributed by atoms with Crippen LogP contribution < -0.4 is 5.32 Å². The molecule has 0 aliphatic rings. The summed E-state index contributed by atoms with van der Waals surface area (Å²) in [7, 11) is 0. The summed E-state index contributed by atoms with van der Waals surface area (Å²) in [4.78, 5) is 13.6. The molecule has 19 heavy (non-hydrogen) atoms. The number of carbonyl (C=O) groups excluding carboxylic acids is 1. The molecule has 0 aromatic heterocycles. The van der Waals surface area contributed by atoms with E-state index in [1.54, 1.807) is 6.08 Å². The van der Waals surface area contributed by atoms with Gasteiger partial charge in [-0.1, -0.05) is 29.8 Å². The van der Waals surface area contributed by atoms with E-state index < -0.39 is 0 Å². The lowest BCUT2D eigenvalue weighted by molar-refractivity contribution is -0.115. The van der Waals surface area contributed by atoms with Crippen LogP contribution in [0.2, 0.25) is 0 Å². The maximum absolute atomic E-state index is 11.7. The first kappa shape index (κ1) is 15.4. The predicted octanol–water partition coefficient (Wildman–Crippen LogP) is 2.75. The van der Waals surface area contributed by atoms with Crippen molar-refractivity contribution >= 4 is 29.3 Å². The topological polar surface area (TPSA) is 32.3 Å². The fourth-order valence-corrected chi connectivity index (χ4v) is 1.95. The van der Waals surface area contributed by atoms with Crippen molar-refractivity contribution in [3.8, 4) is 0 Å². The third kappa shape index (κ3) is 5.22. The van der Waals surface area contributed by atoms with Gasteiger partial charge in [0, 0.05) is 19.2 Å². The Kier molecular flexibility index (Phi) is 6.22. The third-order valence-corrected chi connectivity index (χ3v) is 3.15. The van der Waals surface area contributed by atoms with Gasteiger partial charge in [0.2, 0.25) is 5.91 Å². The zero-order valence-corrected chi connectivity index (χ0v) is 12.5. The highest BCUT2D eigenvalue weighted by molar-refractivity contribution is 7.80. The third-order valence-electron chi connectivity index (χ3n) is 2.79. The molecule has 1 rings (SSSR count). The molecule has 0 unspecified atom stereocenters. The summed E-state index contributed by atoms with van der Waals surface area (Å²) in [5, 5.41) is 3.17. The Morgan fingerprint density at radius 3 is 2.37 bits per heavy atom. The molecule has 3 nitrogen and oxygen atoms in total. The minimum atomic E-state index is -0.197. The fourth-order valence-electron chi connectivity index (χ4n) is 1.59. The van der Waals surface area contributed by atoms with Crippen LogP contribution in [0.3, 0.4) is 0 Å². The van der Waals surface area contributed by atoms with Crippen LogP contribution in [-0.2, 0) is 4.79 Å². The fraction of sp³-hybridized carbons (Fsp3) is 0.333. The first-order valence-corrected chi connectivity index (χ1v) is 6.82. The number of aryl methyl sites for hydroxylation is 1. The number of carbonyl (C=O) groups is 1. The van der Waals surface area contributed by atoms with Crippen molar-refractivity contribution in [3.63, 3.8) is 0 Å². The Bertz CT molecular complexity index is 462. The van der Waals surface area contributed by atoms with Crippen molar-refractivity contribution in [3.05, 3.63) is 41.5 Å². The molecule has 0 spiro atoms. The Morgan fingerprint density at radius 1 is 1.26 bits per heavy atom. The van der Waals surface area contributed by atoms with Gasteiger partial charge in [0.05, 0.1) is 0 Å². The Morgan fingerprint density at radius 2 is 1.84 bits per heavy atom. The van der Waals surface area contributed by atoms with Crippen LogP contribution in [-0.4, -0.2) is 29.0 Å². The number of thiocarbonyl (C=S) groups is 1. The monoisotopic (exact) mass is 276 g/mol. The molecule has 0 aliphatic heterocycles. The van der Waals surface area contributed by atoms with E-state index in [-0.39, 0.29) is 5.91 Å². The maximum atomic E-state index is 11.7. The van der Waals surface area contributed by atoms with E-state index in [1.165, 1.54) is 11.6 Å². The first-order chi connectivity index (χ1) is 9.06. The molecular formula is C15H20N2OS. The molecule has 4 heteroatoms. The van der Waals surface area contributed by atoms with Gasteiger partial charge in [-0.15, -0.1) is 0 Å². The average Bonchev–Trinajstić information content (AvgIpc) is 2.39. The van der Waals surface area contributed by atoms with Crippen LogP contribution in [0.25, 0.3) is 6.08 Å². The van der Waals surface area contributed by atoms with Crippen LogP contribution in [0.15, 0.2) is 30.3 Å². The molecule has 0 bridgehead atoms. The van der Waals surface area contributed by atoms with Crippen molar-refractivity contribution < 1.29 is 4.79 Å². The molecule has 102 valence electrons. The molecule has 0 saturated heterocycles. The van der Waals surface area contributed by atoms with Crippen LogP contribution in [0.4, 0.5) is 0 Å². The number of rotatable bonds is 4. The van der Waals surface area contributed by atoms with E-state index >= 15 is 0 Å². The second kappa shape index (κ2) is 7.69. The second-order valence-corrected chi connectivity index (χ2v) is 4.60. The molecule has 0 fully saturated rings. The standard InChI is InChI=1S/C15H20N2OS/c1-4-17(5-2)15(19)16-14(18)11-10-13-8-6-12(3)7-9-13/h6-11H,4-5H2,1-3H3,(H,16,18,19)/b11-10+. The minimum Gasteiger partial charge on any atom is -0.350 e. The second-order valence-electron chi connectivity index (χ2n) is 4.21. The number of amides is 1. The highest BCUT2D eigenvalue weighted by atomic mass is 32.1. The molecule has 0 heterocycles. The van der Waals surface area contributed by atoms with E-state index in [4.69, 9.17) is 12.2 Å². The Labute approximate surface area is 120 Å². The van der Waals surface area contributed by atoms with Crippen LogP contribution in [0.5, 0.6) is 0 Å². The smallest absolute Gasteiger partial charge is 0.250 e. The van der Waals surface area contributed by atoms with E-state index in [2.05, 4.69) is 5.32 Å². The minimum absolute atomic E-state index is 0.197. The summed E-state index contributed by atoms with van der Waals surface area (Å²) in [6, 6.07) is 7.97. The van der Waals surface area contributed by atoms with Gasteiger partial charge >= 0.3 is 0 Å². The number of hydrogen-bond acceptors (Lipinski definition) is 2. The van der Waals surface area contributed by atoms with Crippen LogP contribution >= 0.6 is 12.2 Å². The highest BCUT2D eigenvalue weighted by Crippen LogP contribution is 2.04. The summed E-state index contributed by atoms with van der Waals surface area (Å²) in [5.41, 5.74) is 2.19.